The van der Waals surface area contributed by atoms with Gasteiger partial charge in [0.05, 0.1) is 0 Å². The zero-order chi connectivity index (χ0) is 13.0. The Labute approximate surface area is 111 Å². The van der Waals surface area contributed by atoms with E-state index in [1.165, 1.54) is 30.5 Å². The first-order chi connectivity index (χ1) is 8.69. The van der Waals surface area contributed by atoms with Crippen LogP contribution < -0.4 is 5.32 Å². The van der Waals surface area contributed by atoms with Gasteiger partial charge in [-0.15, -0.1) is 0 Å². The number of nitrogens with zero attached hydrogens (tertiary/aromatic N) is 1. The van der Waals surface area contributed by atoms with Crippen LogP contribution in [0.25, 0.3) is 0 Å². The molecule has 1 saturated heterocycles. The van der Waals surface area contributed by atoms with Crippen molar-refractivity contribution in [1.82, 2.24) is 10.2 Å². The first-order valence-electron chi connectivity index (χ1n) is 7.15. The molecule has 2 heteroatoms. The van der Waals surface area contributed by atoms with Gasteiger partial charge in [0.2, 0.25) is 0 Å². The summed E-state index contributed by atoms with van der Waals surface area (Å²) in [5.74, 6) is 0.895. The highest BCUT2D eigenvalue weighted by molar-refractivity contribution is 5.23. The van der Waals surface area contributed by atoms with Crippen molar-refractivity contribution in [2.24, 2.45) is 5.92 Å². The van der Waals surface area contributed by atoms with Gasteiger partial charge >= 0.3 is 0 Å². The Bertz CT molecular complexity index is 375. The molecule has 0 bridgehead atoms. The summed E-state index contributed by atoms with van der Waals surface area (Å²) in [6, 6.07) is 9.69. The van der Waals surface area contributed by atoms with E-state index in [9.17, 15) is 0 Å². The minimum atomic E-state index is 0.724. The van der Waals surface area contributed by atoms with Crippen LogP contribution in [0.2, 0.25) is 0 Å². The van der Waals surface area contributed by atoms with Gasteiger partial charge in [-0.1, -0.05) is 31.2 Å². The predicted molar refractivity (Wildman–Crippen MR) is 77.5 cm³/mol. The fourth-order valence-corrected chi connectivity index (χ4v) is 2.97. The van der Waals surface area contributed by atoms with Crippen molar-refractivity contribution in [3.05, 3.63) is 35.4 Å². The normalized spacial score (nSPS) is 25.3. The van der Waals surface area contributed by atoms with Gasteiger partial charge < -0.3 is 5.32 Å². The van der Waals surface area contributed by atoms with Gasteiger partial charge in [-0.3, -0.25) is 4.90 Å². The van der Waals surface area contributed by atoms with Gasteiger partial charge in [0.1, 0.15) is 0 Å². The number of benzene rings is 1. The molecule has 0 radical (unpaired) electrons. The standard InChI is InChI=1S/C16H26N2/c1-13-7-8-18(14(2)9-13)12-16-6-4-5-15(10-16)11-17-3/h4-6,10,13-14,17H,7-9,11-12H2,1-3H3. The summed E-state index contributed by atoms with van der Waals surface area (Å²) in [6.07, 6.45) is 2.69. The molecule has 1 aromatic carbocycles. The van der Waals surface area contributed by atoms with Crippen molar-refractivity contribution >= 4 is 0 Å². The van der Waals surface area contributed by atoms with E-state index in [1.54, 1.807) is 0 Å². The highest BCUT2D eigenvalue weighted by Gasteiger charge is 2.22. The van der Waals surface area contributed by atoms with Crippen molar-refractivity contribution in [2.75, 3.05) is 13.6 Å². The van der Waals surface area contributed by atoms with Gasteiger partial charge in [-0.2, -0.15) is 0 Å². The van der Waals surface area contributed by atoms with Crippen LogP contribution in [0, 0.1) is 5.92 Å². The summed E-state index contributed by atoms with van der Waals surface area (Å²) >= 11 is 0. The van der Waals surface area contributed by atoms with Crippen molar-refractivity contribution in [1.29, 1.82) is 0 Å². The lowest BCUT2D eigenvalue weighted by atomic mass is 9.93. The third-order valence-electron chi connectivity index (χ3n) is 4.03. The Morgan fingerprint density at radius 2 is 2.06 bits per heavy atom. The summed E-state index contributed by atoms with van der Waals surface area (Å²) < 4.78 is 0. The van der Waals surface area contributed by atoms with Crippen LogP contribution in [0.4, 0.5) is 0 Å². The first kappa shape index (κ1) is 13.6. The van der Waals surface area contributed by atoms with E-state index < -0.39 is 0 Å². The highest BCUT2D eigenvalue weighted by Crippen LogP contribution is 2.23. The molecule has 1 aliphatic rings. The second-order valence-corrected chi connectivity index (χ2v) is 5.80. The van der Waals surface area contributed by atoms with E-state index in [2.05, 4.69) is 48.3 Å². The smallest absolute Gasteiger partial charge is 0.0236 e. The lowest BCUT2D eigenvalue weighted by molar-refractivity contribution is 0.122. The van der Waals surface area contributed by atoms with E-state index >= 15 is 0 Å². The van der Waals surface area contributed by atoms with E-state index in [1.807, 2.05) is 7.05 Å². The molecular weight excluding hydrogens is 220 g/mol. The molecule has 100 valence electrons. The molecule has 2 nitrogen and oxygen atoms in total. The second kappa shape index (κ2) is 6.35. The average Bonchev–Trinajstić information content (AvgIpc) is 2.34. The predicted octanol–water partition coefficient (Wildman–Crippen LogP) is 3.03. The highest BCUT2D eigenvalue weighted by atomic mass is 15.2. The SMILES string of the molecule is CNCc1cccc(CN2CCC(C)CC2C)c1. The summed E-state index contributed by atoms with van der Waals surface area (Å²) in [4.78, 5) is 2.62. The number of hydrogen-bond acceptors (Lipinski definition) is 2. The van der Waals surface area contributed by atoms with Crippen molar-refractivity contribution in [3.8, 4) is 0 Å². The first-order valence-corrected chi connectivity index (χ1v) is 7.15. The molecule has 0 amide bonds. The second-order valence-electron chi connectivity index (χ2n) is 5.80. The zero-order valence-electron chi connectivity index (χ0n) is 11.9. The van der Waals surface area contributed by atoms with Crippen LogP contribution in [-0.2, 0) is 13.1 Å². The molecule has 1 fully saturated rings. The Morgan fingerprint density at radius 1 is 1.28 bits per heavy atom. The zero-order valence-corrected chi connectivity index (χ0v) is 11.9. The summed E-state index contributed by atoms with van der Waals surface area (Å²) in [5.41, 5.74) is 2.83. The third-order valence-corrected chi connectivity index (χ3v) is 4.03. The van der Waals surface area contributed by atoms with Gasteiger partial charge in [-0.05, 0) is 50.4 Å². The van der Waals surface area contributed by atoms with Gasteiger partial charge in [0.15, 0.2) is 0 Å². The molecule has 0 aliphatic carbocycles. The number of nitrogens with one attached hydrogen (secondary N) is 1. The topological polar surface area (TPSA) is 15.3 Å². The third kappa shape index (κ3) is 3.56. The Hall–Kier alpha value is -0.860. The van der Waals surface area contributed by atoms with Gasteiger partial charge in [0.25, 0.3) is 0 Å². The van der Waals surface area contributed by atoms with Crippen LogP contribution in [0.1, 0.15) is 37.8 Å². The average molecular weight is 246 g/mol. The largest absolute Gasteiger partial charge is 0.316 e. The Balaban J connectivity index is 1.98. The monoisotopic (exact) mass is 246 g/mol. The number of hydrogen-bond donors (Lipinski definition) is 1. The maximum Gasteiger partial charge on any atom is 0.0236 e. The molecule has 0 saturated carbocycles. The van der Waals surface area contributed by atoms with E-state index in [0.717, 1.165) is 25.0 Å². The maximum absolute atomic E-state index is 3.22. The summed E-state index contributed by atoms with van der Waals surface area (Å²) in [7, 11) is 2.00. The number of likely N-dealkylation sites (tertiary alicyclic amines) is 1. The van der Waals surface area contributed by atoms with E-state index in [0.29, 0.717) is 0 Å². The fraction of sp³-hybridized carbons (Fsp3) is 0.625. The molecule has 1 aromatic rings. The minimum Gasteiger partial charge on any atom is -0.316 e. The van der Waals surface area contributed by atoms with Crippen LogP contribution in [0.15, 0.2) is 24.3 Å². The number of rotatable bonds is 4. The van der Waals surface area contributed by atoms with Crippen molar-refractivity contribution in [2.45, 2.75) is 45.8 Å². The minimum absolute atomic E-state index is 0.724. The lowest BCUT2D eigenvalue weighted by Gasteiger charge is -2.36. The van der Waals surface area contributed by atoms with Crippen LogP contribution in [0.3, 0.4) is 0 Å². The fourth-order valence-electron chi connectivity index (χ4n) is 2.97. The van der Waals surface area contributed by atoms with Crippen molar-refractivity contribution in [3.63, 3.8) is 0 Å². The van der Waals surface area contributed by atoms with Gasteiger partial charge in [0, 0.05) is 19.1 Å². The Kier molecular flexibility index (Phi) is 4.79. The summed E-state index contributed by atoms with van der Waals surface area (Å²) in [6.45, 7) is 8.05. The molecule has 0 aromatic heterocycles. The van der Waals surface area contributed by atoms with Gasteiger partial charge in [-0.25, -0.2) is 0 Å². The summed E-state index contributed by atoms with van der Waals surface area (Å²) in [5, 5.41) is 3.22. The molecule has 0 spiro atoms. The van der Waals surface area contributed by atoms with Crippen LogP contribution >= 0.6 is 0 Å². The quantitative estimate of drug-likeness (QED) is 0.878. The van der Waals surface area contributed by atoms with E-state index in [-0.39, 0.29) is 0 Å². The van der Waals surface area contributed by atoms with Crippen LogP contribution in [-0.4, -0.2) is 24.5 Å². The molecule has 2 atom stereocenters. The molecule has 2 unspecified atom stereocenters. The van der Waals surface area contributed by atoms with Crippen LogP contribution in [0.5, 0.6) is 0 Å². The van der Waals surface area contributed by atoms with E-state index in [4.69, 9.17) is 0 Å². The molecule has 2 rings (SSSR count). The Morgan fingerprint density at radius 3 is 2.78 bits per heavy atom. The molecule has 1 aliphatic heterocycles. The number of piperidine rings is 1. The molecule has 1 N–H and O–H groups in total. The molecule has 18 heavy (non-hydrogen) atoms. The molecular formula is C16H26N2. The van der Waals surface area contributed by atoms with Crippen molar-refractivity contribution < 1.29 is 0 Å². The maximum atomic E-state index is 3.22. The molecule has 1 heterocycles. The lowest BCUT2D eigenvalue weighted by Crippen LogP contribution is -2.39.